The Morgan fingerprint density at radius 3 is 2.88 bits per heavy atom. The predicted octanol–water partition coefficient (Wildman–Crippen LogP) is 0.944. The summed E-state index contributed by atoms with van der Waals surface area (Å²) in [4.78, 5) is 12.5. The van der Waals surface area contributed by atoms with Crippen molar-refractivity contribution in [3.05, 3.63) is 33.5 Å². The van der Waals surface area contributed by atoms with Crippen molar-refractivity contribution in [3.63, 3.8) is 0 Å². The summed E-state index contributed by atoms with van der Waals surface area (Å²) in [6, 6.07) is 1.76. The van der Waals surface area contributed by atoms with Gasteiger partial charge in [-0.3, -0.25) is 5.10 Å². The molecule has 3 rings (SSSR count). The number of carboxylic acid groups (broad SMARTS) is 1. The molecule has 0 saturated heterocycles. The van der Waals surface area contributed by atoms with E-state index in [1.54, 1.807) is 6.07 Å². The largest absolute Gasteiger partial charge is 0.478 e. The van der Waals surface area contributed by atoms with Crippen LogP contribution in [-0.4, -0.2) is 47.6 Å². The van der Waals surface area contributed by atoms with Gasteiger partial charge in [-0.05, 0) is 31.5 Å². The van der Waals surface area contributed by atoms with E-state index < -0.39 is 16.0 Å². The Hall–Kier alpha value is -1.75. The van der Waals surface area contributed by atoms with Crippen molar-refractivity contribution in [2.24, 2.45) is 0 Å². The van der Waals surface area contributed by atoms with Crippen LogP contribution in [-0.2, 0) is 29.5 Å². The first-order chi connectivity index (χ1) is 11.3. The van der Waals surface area contributed by atoms with Crippen LogP contribution in [0.3, 0.4) is 0 Å². The first-order valence-corrected chi connectivity index (χ1v) is 9.62. The molecule has 0 radical (unpaired) electrons. The second-order valence-corrected chi connectivity index (χ2v) is 9.05. The molecule has 3 heterocycles. The summed E-state index contributed by atoms with van der Waals surface area (Å²) in [5, 5.41) is 19.5. The zero-order valence-corrected chi connectivity index (χ0v) is 14.9. The van der Waals surface area contributed by atoms with Gasteiger partial charge in [0.1, 0.15) is 4.21 Å². The molecule has 0 fully saturated rings. The molecular weight excluding hydrogens is 352 g/mol. The highest BCUT2D eigenvalue weighted by Crippen LogP contribution is 2.36. The summed E-state index contributed by atoms with van der Waals surface area (Å²) in [6.07, 6.45) is 0.519. The Morgan fingerprint density at radius 2 is 2.25 bits per heavy atom. The summed E-state index contributed by atoms with van der Waals surface area (Å²) in [6.45, 7) is 3.05. The third-order valence-corrected chi connectivity index (χ3v) is 7.43. The molecule has 0 aliphatic carbocycles. The first-order valence-electron chi connectivity index (χ1n) is 7.36. The molecule has 0 amide bonds. The average molecular weight is 370 g/mol. The Labute approximate surface area is 143 Å². The van der Waals surface area contributed by atoms with Crippen molar-refractivity contribution in [3.8, 4) is 0 Å². The highest BCUT2D eigenvalue weighted by molar-refractivity contribution is 7.91. The summed E-state index contributed by atoms with van der Waals surface area (Å²) in [7, 11) is -2.48. The van der Waals surface area contributed by atoms with Crippen LogP contribution in [0, 0.1) is 6.92 Å². The van der Waals surface area contributed by atoms with Gasteiger partial charge < -0.3 is 10.4 Å². The van der Waals surface area contributed by atoms with E-state index in [0.29, 0.717) is 30.8 Å². The van der Waals surface area contributed by atoms with Crippen molar-refractivity contribution in [1.29, 1.82) is 0 Å². The number of fused-ring (bicyclic) bond motifs is 1. The number of hydrogen-bond acceptors (Lipinski definition) is 6. The standard InChI is InChI=1S/C14H18N4O4S2/c1-8-5-9(17-16-8)7-18(2)24(21,22)14-12(13(19)20)10-3-4-15-6-11(10)23-14/h5,15H,3-4,6-7H2,1-2H3,(H,16,17)(H,19,20). The maximum Gasteiger partial charge on any atom is 0.338 e. The van der Waals surface area contributed by atoms with Crippen molar-refractivity contribution in [1.82, 2.24) is 19.8 Å². The fourth-order valence-corrected chi connectivity index (χ4v) is 5.91. The highest BCUT2D eigenvalue weighted by Gasteiger charge is 2.34. The smallest absolute Gasteiger partial charge is 0.338 e. The van der Waals surface area contributed by atoms with Gasteiger partial charge in [-0.1, -0.05) is 0 Å². The van der Waals surface area contributed by atoms with Crippen LogP contribution in [0.25, 0.3) is 0 Å². The van der Waals surface area contributed by atoms with Crippen LogP contribution >= 0.6 is 11.3 Å². The van der Waals surface area contributed by atoms with Crippen molar-refractivity contribution in [2.75, 3.05) is 13.6 Å². The second kappa shape index (κ2) is 6.28. The number of thiophene rings is 1. The number of rotatable bonds is 5. The fourth-order valence-electron chi connectivity index (χ4n) is 2.72. The predicted molar refractivity (Wildman–Crippen MR) is 88.7 cm³/mol. The van der Waals surface area contributed by atoms with Crippen molar-refractivity contribution >= 4 is 27.3 Å². The molecule has 0 spiro atoms. The highest BCUT2D eigenvalue weighted by atomic mass is 32.2. The number of aromatic carboxylic acids is 1. The Bertz CT molecular complexity index is 885. The van der Waals surface area contributed by atoms with Gasteiger partial charge in [0.15, 0.2) is 0 Å². The molecule has 0 bridgehead atoms. The van der Waals surface area contributed by atoms with Gasteiger partial charge in [-0.2, -0.15) is 9.40 Å². The molecule has 130 valence electrons. The van der Waals surface area contributed by atoms with E-state index in [-0.39, 0.29) is 16.3 Å². The minimum Gasteiger partial charge on any atom is -0.478 e. The third-order valence-electron chi connectivity index (χ3n) is 3.90. The zero-order valence-electron chi connectivity index (χ0n) is 13.3. The number of nitrogens with zero attached hydrogens (tertiary/aromatic N) is 2. The second-order valence-electron chi connectivity index (χ2n) is 5.70. The van der Waals surface area contributed by atoms with E-state index in [0.717, 1.165) is 26.2 Å². The SMILES string of the molecule is Cc1cc(CN(C)S(=O)(=O)c2sc3c(c2C(=O)O)CCNC3)n[nH]1. The van der Waals surface area contributed by atoms with Crippen LogP contribution in [0.2, 0.25) is 0 Å². The Balaban J connectivity index is 2.00. The number of sulfonamides is 1. The summed E-state index contributed by atoms with van der Waals surface area (Å²) in [5.74, 6) is -1.20. The summed E-state index contributed by atoms with van der Waals surface area (Å²) >= 11 is 1.04. The maximum atomic E-state index is 12.9. The van der Waals surface area contributed by atoms with E-state index in [1.165, 1.54) is 7.05 Å². The monoisotopic (exact) mass is 370 g/mol. The molecule has 3 N–H and O–H groups in total. The average Bonchev–Trinajstić information content (AvgIpc) is 3.10. The lowest BCUT2D eigenvalue weighted by molar-refractivity contribution is 0.0692. The van der Waals surface area contributed by atoms with E-state index in [4.69, 9.17) is 0 Å². The molecule has 2 aromatic rings. The van der Waals surface area contributed by atoms with Crippen LogP contribution in [0.5, 0.6) is 0 Å². The Kier molecular flexibility index (Phi) is 4.47. The lowest BCUT2D eigenvalue weighted by atomic mass is 10.1. The molecule has 0 aromatic carbocycles. The first kappa shape index (κ1) is 17.1. The van der Waals surface area contributed by atoms with Crippen molar-refractivity contribution in [2.45, 2.75) is 30.6 Å². The fraction of sp³-hybridized carbons (Fsp3) is 0.429. The minimum atomic E-state index is -3.91. The van der Waals surface area contributed by atoms with Gasteiger partial charge in [-0.25, -0.2) is 13.2 Å². The number of H-pyrrole nitrogens is 1. The zero-order chi connectivity index (χ0) is 17.5. The number of carboxylic acids is 1. The van der Waals surface area contributed by atoms with Gasteiger partial charge in [0.2, 0.25) is 0 Å². The number of nitrogens with one attached hydrogen (secondary N) is 2. The molecule has 10 heteroatoms. The number of aromatic nitrogens is 2. The molecule has 0 unspecified atom stereocenters. The molecule has 1 aliphatic rings. The summed E-state index contributed by atoms with van der Waals surface area (Å²) in [5.41, 5.74) is 1.97. The molecule has 24 heavy (non-hydrogen) atoms. The van der Waals surface area contributed by atoms with Gasteiger partial charge in [0, 0.05) is 24.2 Å². The number of aryl methyl sites for hydroxylation is 1. The van der Waals surface area contributed by atoms with Gasteiger partial charge >= 0.3 is 5.97 Å². The molecule has 0 atom stereocenters. The Morgan fingerprint density at radius 1 is 1.50 bits per heavy atom. The quantitative estimate of drug-likeness (QED) is 0.722. The number of hydrogen-bond donors (Lipinski definition) is 3. The topological polar surface area (TPSA) is 115 Å². The lowest BCUT2D eigenvalue weighted by Gasteiger charge is -2.15. The van der Waals surface area contributed by atoms with Crippen LogP contribution < -0.4 is 5.32 Å². The molecule has 8 nitrogen and oxygen atoms in total. The van der Waals surface area contributed by atoms with E-state index in [1.807, 2.05) is 6.92 Å². The van der Waals surface area contributed by atoms with E-state index >= 15 is 0 Å². The van der Waals surface area contributed by atoms with Crippen molar-refractivity contribution < 1.29 is 18.3 Å². The van der Waals surface area contributed by atoms with Crippen LogP contribution in [0.1, 0.15) is 32.2 Å². The third kappa shape index (κ3) is 2.97. The summed E-state index contributed by atoms with van der Waals surface area (Å²) < 4.78 is 26.8. The lowest BCUT2D eigenvalue weighted by Crippen LogP contribution is -2.27. The molecule has 0 saturated carbocycles. The van der Waals surface area contributed by atoms with Gasteiger partial charge in [0.05, 0.1) is 17.8 Å². The van der Waals surface area contributed by atoms with Crippen LogP contribution in [0.4, 0.5) is 0 Å². The maximum absolute atomic E-state index is 12.9. The minimum absolute atomic E-state index is 0.0759. The normalized spacial score (nSPS) is 14.8. The van der Waals surface area contributed by atoms with E-state index in [9.17, 15) is 18.3 Å². The number of carbonyl (C=O) groups is 1. The molecule has 1 aliphatic heterocycles. The number of aromatic amines is 1. The molecule has 2 aromatic heterocycles. The van der Waals surface area contributed by atoms with Gasteiger partial charge in [0.25, 0.3) is 10.0 Å². The van der Waals surface area contributed by atoms with Gasteiger partial charge in [-0.15, -0.1) is 11.3 Å². The van der Waals surface area contributed by atoms with Crippen LogP contribution in [0.15, 0.2) is 10.3 Å². The molecular formula is C14H18N4O4S2. The van der Waals surface area contributed by atoms with E-state index in [2.05, 4.69) is 15.5 Å².